The summed E-state index contributed by atoms with van der Waals surface area (Å²) in [6, 6.07) is 1.68. The molecule has 1 fully saturated rings. The quantitative estimate of drug-likeness (QED) is 0.660. The van der Waals surface area contributed by atoms with E-state index in [1.807, 2.05) is 11.8 Å². The van der Waals surface area contributed by atoms with Gasteiger partial charge in [-0.15, -0.1) is 0 Å². The van der Waals surface area contributed by atoms with Crippen LogP contribution in [0.5, 0.6) is 0 Å². The Labute approximate surface area is 116 Å². The molecule has 1 aromatic rings. The number of pyridine rings is 1. The van der Waals surface area contributed by atoms with Gasteiger partial charge in [0.2, 0.25) is 0 Å². The minimum atomic E-state index is -0.0120. The van der Waals surface area contributed by atoms with Gasteiger partial charge in [-0.05, 0) is 12.5 Å². The molecule has 2 rings (SSSR count). The molecule has 1 unspecified atom stereocenters. The number of aromatic nitrogens is 1. The number of hydrogen-bond acceptors (Lipinski definition) is 4. The van der Waals surface area contributed by atoms with Crippen LogP contribution in [0.15, 0.2) is 12.3 Å². The van der Waals surface area contributed by atoms with Crippen LogP contribution >= 0.6 is 23.4 Å². The van der Waals surface area contributed by atoms with E-state index >= 15 is 0 Å². The van der Waals surface area contributed by atoms with Crippen LogP contribution < -0.4 is 10.6 Å². The molecule has 1 aliphatic rings. The largest absolute Gasteiger partial charge is 0.384 e. The topological polar surface area (TPSA) is 66.0 Å². The number of hydrogen-bond donors (Lipinski definition) is 2. The molecule has 1 aliphatic heterocycles. The first-order valence-corrected chi connectivity index (χ1v) is 7.41. The van der Waals surface area contributed by atoms with E-state index in [1.165, 1.54) is 0 Å². The molecule has 4 nitrogen and oxygen atoms in total. The van der Waals surface area contributed by atoms with Crippen molar-refractivity contribution in [2.75, 3.05) is 23.7 Å². The first-order chi connectivity index (χ1) is 8.63. The van der Waals surface area contributed by atoms with Crippen LogP contribution in [-0.2, 0) is 0 Å². The molecule has 0 spiro atoms. The number of nitrogens with two attached hydrogens (primary N) is 1. The molecule has 1 saturated heterocycles. The SMILES string of the molecule is CCC1CN(c2nccc(C(=N)N)c2Cl)CCS1. The smallest absolute Gasteiger partial charge is 0.148 e. The van der Waals surface area contributed by atoms with Crippen molar-refractivity contribution < 1.29 is 0 Å². The molecule has 0 aliphatic carbocycles. The molecular formula is C12H17ClN4S. The Morgan fingerprint density at radius 2 is 2.50 bits per heavy atom. The number of rotatable bonds is 3. The summed E-state index contributed by atoms with van der Waals surface area (Å²) in [5.74, 6) is 1.83. The maximum atomic E-state index is 7.51. The molecule has 1 aromatic heterocycles. The fourth-order valence-corrected chi connectivity index (χ4v) is 3.53. The highest BCUT2D eigenvalue weighted by Crippen LogP contribution is 2.31. The summed E-state index contributed by atoms with van der Waals surface area (Å²) in [7, 11) is 0. The fourth-order valence-electron chi connectivity index (χ4n) is 2.02. The van der Waals surface area contributed by atoms with Gasteiger partial charge in [-0.25, -0.2) is 4.98 Å². The summed E-state index contributed by atoms with van der Waals surface area (Å²) in [6.45, 7) is 4.09. The number of nitrogens with one attached hydrogen (secondary N) is 1. The average molecular weight is 285 g/mol. The van der Waals surface area contributed by atoms with Crippen molar-refractivity contribution in [3.8, 4) is 0 Å². The summed E-state index contributed by atoms with van der Waals surface area (Å²) >= 11 is 8.29. The Kier molecular flexibility index (Phi) is 4.35. The molecule has 0 bridgehead atoms. The van der Waals surface area contributed by atoms with Gasteiger partial charge in [0.15, 0.2) is 0 Å². The van der Waals surface area contributed by atoms with Gasteiger partial charge < -0.3 is 10.6 Å². The zero-order valence-corrected chi connectivity index (χ0v) is 11.9. The Bertz CT molecular complexity index is 452. The van der Waals surface area contributed by atoms with Crippen molar-refractivity contribution in [2.45, 2.75) is 18.6 Å². The first-order valence-electron chi connectivity index (χ1n) is 5.99. The number of amidine groups is 1. The fraction of sp³-hybridized carbons (Fsp3) is 0.500. The molecule has 0 saturated carbocycles. The van der Waals surface area contributed by atoms with E-state index in [0.717, 1.165) is 31.1 Å². The maximum absolute atomic E-state index is 7.51. The zero-order valence-electron chi connectivity index (χ0n) is 10.3. The highest BCUT2D eigenvalue weighted by atomic mass is 35.5. The number of anilines is 1. The van der Waals surface area contributed by atoms with E-state index in [1.54, 1.807) is 12.3 Å². The van der Waals surface area contributed by atoms with Crippen molar-refractivity contribution in [3.05, 3.63) is 22.8 Å². The molecule has 1 atom stereocenters. The number of thioether (sulfide) groups is 1. The van der Waals surface area contributed by atoms with Crippen LogP contribution in [0.25, 0.3) is 0 Å². The number of nitrogens with zero attached hydrogens (tertiary/aromatic N) is 2. The number of nitrogen functional groups attached to an aromatic ring is 1. The van der Waals surface area contributed by atoms with Gasteiger partial charge in [-0.3, -0.25) is 5.41 Å². The van der Waals surface area contributed by atoms with Gasteiger partial charge in [0.25, 0.3) is 0 Å². The van der Waals surface area contributed by atoms with Crippen LogP contribution in [0.4, 0.5) is 5.82 Å². The van der Waals surface area contributed by atoms with Crippen molar-refractivity contribution in [1.29, 1.82) is 5.41 Å². The van der Waals surface area contributed by atoms with Gasteiger partial charge in [0.1, 0.15) is 11.7 Å². The maximum Gasteiger partial charge on any atom is 0.148 e. The van der Waals surface area contributed by atoms with Gasteiger partial charge in [-0.1, -0.05) is 18.5 Å². The van der Waals surface area contributed by atoms with Gasteiger partial charge >= 0.3 is 0 Å². The third-order valence-electron chi connectivity index (χ3n) is 3.05. The Hall–Kier alpha value is -0.940. The summed E-state index contributed by atoms with van der Waals surface area (Å²) < 4.78 is 0. The molecular weight excluding hydrogens is 268 g/mol. The van der Waals surface area contributed by atoms with E-state index in [9.17, 15) is 0 Å². The lowest BCUT2D eigenvalue weighted by Gasteiger charge is -2.33. The molecule has 3 N–H and O–H groups in total. The van der Waals surface area contributed by atoms with E-state index in [0.29, 0.717) is 15.8 Å². The van der Waals surface area contributed by atoms with Crippen LogP contribution in [0, 0.1) is 5.41 Å². The van der Waals surface area contributed by atoms with Crippen molar-refractivity contribution in [1.82, 2.24) is 4.98 Å². The molecule has 98 valence electrons. The second-order valence-electron chi connectivity index (χ2n) is 4.26. The average Bonchev–Trinajstić information content (AvgIpc) is 2.38. The summed E-state index contributed by atoms with van der Waals surface area (Å²) in [5.41, 5.74) is 6.08. The lowest BCUT2D eigenvalue weighted by atomic mass is 10.2. The molecule has 6 heteroatoms. The molecule has 0 radical (unpaired) electrons. The third-order valence-corrected chi connectivity index (χ3v) is 4.80. The second kappa shape index (κ2) is 5.80. The van der Waals surface area contributed by atoms with Crippen molar-refractivity contribution in [2.24, 2.45) is 5.73 Å². The number of halogens is 1. The standard InChI is InChI=1S/C12H17ClN4S/c1-2-8-7-17(5-6-18-8)12-10(13)9(11(14)15)3-4-16-12/h3-4,8H,2,5-7H2,1H3,(H3,14,15). The minimum Gasteiger partial charge on any atom is -0.384 e. The van der Waals surface area contributed by atoms with Crippen LogP contribution in [0.2, 0.25) is 5.02 Å². The van der Waals surface area contributed by atoms with E-state index in [4.69, 9.17) is 22.7 Å². The van der Waals surface area contributed by atoms with E-state index < -0.39 is 0 Å². The second-order valence-corrected chi connectivity index (χ2v) is 6.04. The van der Waals surface area contributed by atoms with Gasteiger partial charge in [0, 0.05) is 35.9 Å². The van der Waals surface area contributed by atoms with E-state index in [2.05, 4.69) is 16.8 Å². The van der Waals surface area contributed by atoms with Crippen LogP contribution in [-0.4, -0.2) is 34.9 Å². The molecule has 0 amide bonds. The van der Waals surface area contributed by atoms with E-state index in [-0.39, 0.29) is 5.84 Å². The predicted octanol–water partition coefficient (Wildman–Crippen LogP) is 2.35. The van der Waals surface area contributed by atoms with Gasteiger partial charge in [0.05, 0.1) is 5.02 Å². The minimum absolute atomic E-state index is 0.0120. The monoisotopic (exact) mass is 284 g/mol. The Morgan fingerprint density at radius 1 is 1.72 bits per heavy atom. The normalized spacial score (nSPS) is 19.9. The van der Waals surface area contributed by atoms with Crippen LogP contribution in [0.3, 0.4) is 0 Å². The summed E-state index contributed by atoms with van der Waals surface area (Å²) in [5, 5.41) is 8.62. The van der Waals surface area contributed by atoms with Gasteiger partial charge in [-0.2, -0.15) is 11.8 Å². The lowest BCUT2D eigenvalue weighted by molar-refractivity contribution is 0.720. The van der Waals surface area contributed by atoms with Crippen molar-refractivity contribution in [3.63, 3.8) is 0 Å². The Balaban J connectivity index is 2.27. The Morgan fingerprint density at radius 3 is 3.17 bits per heavy atom. The first kappa shape index (κ1) is 13.5. The highest BCUT2D eigenvalue weighted by Gasteiger charge is 2.23. The third kappa shape index (κ3) is 2.72. The lowest BCUT2D eigenvalue weighted by Crippen LogP contribution is -2.38. The highest BCUT2D eigenvalue weighted by molar-refractivity contribution is 8.00. The van der Waals surface area contributed by atoms with Crippen LogP contribution in [0.1, 0.15) is 18.9 Å². The zero-order chi connectivity index (χ0) is 13.1. The molecule has 18 heavy (non-hydrogen) atoms. The predicted molar refractivity (Wildman–Crippen MR) is 79.0 cm³/mol. The molecule has 2 heterocycles. The molecule has 0 aromatic carbocycles. The summed E-state index contributed by atoms with van der Waals surface area (Å²) in [4.78, 5) is 6.54. The van der Waals surface area contributed by atoms with Crippen molar-refractivity contribution >= 4 is 35.0 Å². The summed E-state index contributed by atoms with van der Waals surface area (Å²) in [6.07, 6.45) is 2.81.